The second-order valence-corrected chi connectivity index (χ2v) is 3.73. The average Bonchev–Trinajstić information content (AvgIpc) is 2.34. The van der Waals surface area contributed by atoms with Crippen molar-refractivity contribution >= 4 is 5.91 Å². The largest absolute Gasteiger partial charge is 0.356 e. The summed E-state index contributed by atoms with van der Waals surface area (Å²) >= 11 is 0. The molecule has 1 unspecified atom stereocenters. The van der Waals surface area contributed by atoms with Gasteiger partial charge in [-0.25, -0.2) is 0 Å². The van der Waals surface area contributed by atoms with Gasteiger partial charge in [-0.3, -0.25) is 4.79 Å². The standard InChI is InChI=1S/C14H17NO/c1-3-4-8-11-15-14(16)12(2)13-9-6-5-7-10-13/h1,5-7,9-10,12H,4,8,11H2,2H3,(H,15,16). The summed E-state index contributed by atoms with van der Waals surface area (Å²) in [5, 5.41) is 2.88. The zero-order valence-corrected chi connectivity index (χ0v) is 9.57. The molecule has 0 aromatic heterocycles. The molecule has 1 aromatic carbocycles. The number of nitrogens with one attached hydrogen (secondary N) is 1. The summed E-state index contributed by atoms with van der Waals surface area (Å²) in [6, 6.07) is 9.76. The molecule has 0 heterocycles. The molecule has 0 fully saturated rings. The van der Waals surface area contributed by atoms with Crippen LogP contribution in [-0.2, 0) is 4.79 Å². The lowest BCUT2D eigenvalue weighted by atomic mass is 10.0. The first-order valence-electron chi connectivity index (χ1n) is 5.52. The highest BCUT2D eigenvalue weighted by atomic mass is 16.1. The van der Waals surface area contributed by atoms with Gasteiger partial charge in [0.2, 0.25) is 5.91 Å². The minimum Gasteiger partial charge on any atom is -0.356 e. The normalized spacial score (nSPS) is 11.5. The Morgan fingerprint density at radius 3 is 2.75 bits per heavy atom. The van der Waals surface area contributed by atoms with E-state index in [1.807, 2.05) is 37.3 Å². The Balaban J connectivity index is 2.40. The molecular weight excluding hydrogens is 198 g/mol. The van der Waals surface area contributed by atoms with Gasteiger partial charge >= 0.3 is 0 Å². The van der Waals surface area contributed by atoms with Gasteiger partial charge in [-0.15, -0.1) is 12.3 Å². The van der Waals surface area contributed by atoms with E-state index in [0.29, 0.717) is 13.0 Å². The number of benzene rings is 1. The molecule has 0 spiro atoms. The van der Waals surface area contributed by atoms with E-state index in [4.69, 9.17) is 6.42 Å². The number of hydrogen-bond acceptors (Lipinski definition) is 1. The van der Waals surface area contributed by atoms with Crippen LogP contribution in [0.15, 0.2) is 30.3 Å². The van der Waals surface area contributed by atoms with Crippen molar-refractivity contribution in [1.82, 2.24) is 5.32 Å². The molecule has 0 aliphatic heterocycles. The Morgan fingerprint density at radius 1 is 1.44 bits per heavy atom. The van der Waals surface area contributed by atoms with Crippen molar-refractivity contribution in [3.8, 4) is 12.3 Å². The topological polar surface area (TPSA) is 29.1 Å². The van der Waals surface area contributed by atoms with Crippen LogP contribution in [0.1, 0.15) is 31.2 Å². The molecule has 16 heavy (non-hydrogen) atoms. The number of amides is 1. The molecule has 1 amide bonds. The summed E-state index contributed by atoms with van der Waals surface area (Å²) in [7, 11) is 0. The van der Waals surface area contributed by atoms with Crippen LogP contribution >= 0.6 is 0 Å². The zero-order chi connectivity index (χ0) is 11.8. The predicted octanol–water partition coefficient (Wildman–Crippen LogP) is 2.32. The zero-order valence-electron chi connectivity index (χ0n) is 9.57. The maximum Gasteiger partial charge on any atom is 0.227 e. The molecule has 1 aromatic rings. The van der Waals surface area contributed by atoms with Gasteiger partial charge in [-0.1, -0.05) is 30.3 Å². The van der Waals surface area contributed by atoms with Gasteiger partial charge in [0.25, 0.3) is 0 Å². The highest BCUT2D eigenvalue weighted by Gasteiger charge is 2.13. The molecular formula is C14H17NO. The van der Waals surface area contributed by atoms with Gasteiger partial charge in [-0.2, -0.15) is 0 Å². The van der Waals surface area contributed by atoms with Crippen LogP contribution in [-0.4, -0.2) is 12.5 Å². The second kappa shape index (κ2) is 6.68. The summed E-state index contributed by atoms with van der Waals surface area (Å²) < 4.78 is 0. The first-order chi connectivity index (χ1) is 7.75. The van der Waals surface area contributed by atoms with E-state index in [1.165, 1.54) is 0 Å². The molecule has 2 heteroatoms. The summed E-state index contributed by atoms with van der Waals surface area (Å²) in [5.41, 5.74) is 1.04. The SMILES string of the molecule is C#CCCCNC(=O)C(C)c1ccccc1. The number of rotatable bonds is 5. The van der Waals surface area contributed by atoms with Crippen LogP contribution in [0.3, 0.4) is 0 Å². The van der Waals surface area contributed by atoms with E-state index < -0.39 is 0 Å². The lowest BCUT2D eigenvalue weighted by Gasteiger charge is -2.11. The van der Waals surface area contributed by atoms with Crippen molar-refractivity contribution in [2.75, 3.05) is 6.54 Å². The number of hydrogen-bond donors (Lipinski definition) is 1. The van der Waals surface area contributed by atoms with Crippen molar-refractivity contribution in [2.45, 2.75) is 25.7 Å². The molecule has 2 nitrogen and oxygen atoms in total. The maximum absolute atomic E-state index is 11.7. The summed E-state index contributed by atoms with van der Waals surface area (Å²) in [4.78, 5) is 11.7. The molecule has 0 bridgehead atoms. The highest BCUT2D eigenvalue weighted by Crippen LogP contribution is 2.14. The van der Waals surface area contributed by atoms with E-state index in [9.17, 15) is 4.79 Å². The Hall–Kier alpha value is -1.75. The Bertz CT molecular complexity index is 364. The monoisotopic (exact) mass is 215 g/mol. The van der Waals surface area contributed by atoms with E-state index in [0.717, 1.165) is 12.0 Å². The summed E-state index contributed by atoms with van der Waals surface area (Å²) in [6.07, 6.45) is 6.68. The lowest BCUT2D eigenvalue weighted by molar-refractivity contribution is -0.122. The van der Waals surface area contributed by atoms with Gasteiger partial charge in [0.1, 0.15) is 0 Å². The molecule has 1 N–H and O–H groups in total. The van der Waals surface area contributed by atoms with Crippen LogP contribution in [0.25, 0.3) is 0 Å². The van der Waals surface area contributed by atoms with Crippen LogP contribution in [0.4, 0.5) is 0 Å². The van der Waals surface area contributed by atoms with Gasteiger partial charge < -0.3 is 5.32 Å². The maximum atomic E-state index is 11.7. The minimum atomic E-state index is -0.105. The predicted molar refractivity (Wildman–Crippen MR) is 65.9 cm³/mol. The smallest absolute Gasteiger partial charge is 0.227 e. The van der Waals surface area contributed by atoms with E-state index >= 15 is 0 Å². The molecule has 84 valence electrons. The van der Waals surface area contributed by atoms with Crippen LogP contribution in [0, 0.1) is 12.3 Å². The fraction of sp³-hybridized carbons (Fsp3) is 0.357. The number of unbranched alkanes of at least 4 members (excludes halogenated alkanes) is 1. The lowest BCUT2D eigenvalue weighted by Crippen LogP contribution is -2.28. The third kappa shape index (κ3) is 3.78. The van der Waals surface area contributed by atoms with Gasteiger partial charge in [0.05, 0.1) is 5.92 Å². The van der Waals surface area contributed by atoms with Gasteiger partial charge in [-0.05, 0) is 18.9 Å². The number of terminal acetylenes is 1. The third-order valence-electron chi connectivity index (χ3n) is 2.49. The quantitative estimate of drug-likeness (QED) is 0.592. The number of carbonyl (C=O) groups is 1. The molecule has 0 aliphatic carbocycles. The first-order valence-corrected chi connectivity index (χ1v) is 5.52. The van der Waals surface area contributed by atoms with Crippen molar-refractivity contribution < 1.29 is 4.79 Å². The van der Waals surface area contributed by atoms with E-state index in [2.05, 4.69) is 11.2 Å². The second-order valence-electron chi connectivity index (χ2n) is 3.73. The van der Waals surface area contributed by atoms with Crippen LogP contribution < -0.4 is 5.32 Å². The Labute approximate surface area is 97.1 Å². The molecule has 1 atom stereocenters. The third-order valence-corrected chi connectivity index (χ3v) is 2.49. The van der Waals surface area contributed by atoms with Crippen molar-refractivity contribution in [3.63, 3.8) is 0 Å². The Kier molecular flexibility index (Phi) is 5.15. The fourth-order valence-corrected chi connectivity index (χ4v) is 1.45. The van der Waals surface area contributed by atoms with Crippen molar-refractivity contribution in [1.29, 1.82) is 0 Å². The number of carbonyl (C=O) groups excluding carboxylic acids is 1. The molecule has 0 radical (unpaired) electrons. The van der Waals surface area contributed by atoms with Crippen LogP contribution in [0.2, 0.25) is 0 Å². The summed E-state index contributed by atoms with van der Waals surface area (Å²) in [6.45, 7) is 2.56. The molecule has 1 rings (SSSR count). The molecule has 0 saturated carbocycles. The van der Waals surface area contributed by atoms with Crippen molar-refractivity contribution in [3.05, 3.63) is 35.9 Å². The Morgan fingerprint density at radius 2 is 2.12 bits per heavy atom. The van der Waals surface area contributed by atoms with Crippen molar-refractivity contribution in [2.24, 2.45) is 0 Å². The van der Waals surface area contributed by atoms with E-state index in [1.54, 1.807) is 0 Å². The fourth-order valence-electron chi connectivity index (χ4n) is 1.45. The average molecular weight is 215 g/mol. The minimum absolute atomic E-state index is 0.0585. The molecule has 0 saturated heterocycles. The van der Waals surface area contributed by atoms with Gasteiger partial charge in [0, 0.05) is 13.0 Å². The van der Waals surface area contributed by atoms with E-state index in [-0.39, 0.29) is 11.8 Å². The highest BCUT2D eigenvalue weighted by molar-refractivity contribution is 5.83. The van der Waals surface area contributed by atoms with Gasteiger partial charge in [0.15, 0.2) is 0 Å². The molecule has 0 aliphatic rings. The first kappa shape index (κ1) is 12.3. The summed E-state index contributed by atoms with van der Waals surface area (Å²) in [5.74, 6) is 2.50. The van der Waals surface area contributed by atoms with Crippen LogP contribution in [0.5, 0.6) is 0 Å².